The lowest BCUT2D eigenvalue weighted by Crippen LogP contribution is -2.64. The molecule has 4 heterocycles. The first-order valence-electron chi connectivity index (χ1n) is 15.0. The Kier molecular flexibility index (Phi) is 6.23. The summed E-state index contributed by atoms with van der Waals surface area (Å²) in [5, 5.41) is 1.02. The maximum Gasteiger partial charge on any atom is 0.341 e. The molecule has 0 amide bonds. The Balaban J connectivity index is 1.27. The van der Waals surface area contributed by atoms with Gasteiger partial charge in [-0.15, -0.1) is 0 Å². The molecular weight excluding hydrogens is 472 g/mol. The van der Waals surface area contributed by atoms with Crippen LogP contribution in [-0.4, -0.2) is 34.7 Å². The van der Waals surface area contributed by atoms with Gasteiger partial charge in [0.05, 0.1) is 5.56 Å². The number of esters is 1. The maximum atomic E-state index is 14.1. The zero-order chi connectivity index (χ0) is 25.7. The zero-order valence-corrected chi connectivity index (χ0v) is 22.6. The summed E-state index contributed by atoms with van der Waals surface area (Å²) < 4.78 is 13.5. The van der Waals surface area contributed by atoms with Crippen LogP contribution in [0.4, 0.5) is 0 Å². The summed E-state index contributed by atoms with van der Waals surface area (Å²) in [6, 6.07) is 14.6. The Labute approximate surface area is 225 Å². The Morgan fingerprint density at radius 2 is 1.82 bits per heavy atom. The molecule has 4 aliphatic rings. The number of hydrogen-bond acceptors (Lipinski definition) is 4. The van der Waals surface area contributed by atoms with Gasteiger partial charge in [-0.05, 0) is 69.6 Å². The normalized spacial score (nSPS) is 26.6. The molecule has 7 rings (SSSR count). The monoisotopic (exact) mass is 512 g/mol. The number of ether oxygens (including phenoxy) is 2. The van der Waals surface area contributed by atoms with E-state index in [4.69, 9.17) is 9.47 Å². The van der Waals surface area contributed by atoms with E-state index in [-0.39, 0.29) is 17.8 Å². The minimum atomic E-state index is -0.207. The van der Waals surface area contributed by atoms with Crippen molar-refractivity contribution in [2.75, 3.05) is 13.1 Å². The van der Waals surface area contributed by atoms with Crippen molar-refractivity contribution in [2.45, 2.75) is 89.4 Å². The molecule has 1 N–H and O–H groups in total. The van der Waals surface area contributed by atoms with Gasteiger partial charge in [-0.2, -0.15) is 0 Å². The molecule has 1 saturated carbocycles. The first-order chi connectivity index (χ1) is 18.6. The lowest BCUT2D eigenvalue weighted by molar-refractivity contribution is -0.177. The number of carbonyl (C=O) groups excluding carboxylic acids is 1. The molecule has 38 heavy (non-hydrogen) atoms. The van der Waals surface area contributed by atoms with E-state index in [0.29, 0.717) is 17.4 Å². The van der Waals surface area contributed by atoms with E-state index in [9.17, 15) is 4.79 Å². The summed E-state index contributed by atoms with van der Waals surface area (Å²) in [6.07, 6.45) is 12.7. The second-order valence-corrected chi connectivity index (χ2v) is 12.2. The number of nitrogens with one attached hydrogen (secondary N) is 1. The summed E-state index contributed by atoms with van der Waals surface area (Å²) in [5.74, 6) is 1.59. The van der Waals surface area contributed by atoms with Crippen LogP contribution in [-0.2, 0) is 11.2 Å². The van der Waals surface area contributed by atoms with Crippen LogP contribution in [0.5, 0.6) is 5.75 Å². The number of nitrogens with zero attached hydrogens (tertiary/aromatic N) is 1. The van der Waals surface area contributed by atoms with Gasteiger partial charge in [0.25, 0.3) is 0 Å². The van der Waals surface area contributed by atoms with Crippen molar-refractivity contribution in [3.63, 3.8) is 0 Å². The van der Waals surface area contributed by atoms with Crippen molar-refractivity contribution in [2.24, 2.45) is 11.8 Å². The summed E-state index contributed by atoms with van der Waals surface area (Å²) in [7, 11) is 0. The average Bonchev–Trinajstić information content (AvgIpc) is 3.31. The lowest BCUT2D eigenvalue weighted by atomic mass is 9.74. The fourth-order valence-electron chi connectivity index (χ4n) is 8.16. The second kappa shape index (κ2) is 9.75. The number of aryl methyl sites for hydroxylation is 1. The van der Waals surface area contributed by atoms with E-state index in [0.717, 1.165) is 66.7 Å². The Morgan fingerprint density at radius 3 is 2.66 bits per heavy atom. The van der Waals surface area contributed by atoms with Crippen molar-refractivity contribution in [3.05, 3.63) is 64.8 Å². The molecule has 5 nitrogen and oxygen atoms in total. The molecule has 1 spiro atoms. The number of H-pyrrole nitrogens is 1. The molecule has 200 valence electrons. The minimum Gasteiger partial charge on any atom is -0.472 e. The van der Waals surface area contributed by atoms with Crippen molar-refractivity contribution in [1.29, 1.82) is 0 Å². The number of carbonyl (C=O) groups is 1. The molecule has 3 aliphatic heterocycles. The van der Waals surface area contributed by atoms with Crippen molar-refractivity contribution in [3.8, 4) is 5.75 Å². The lowest BCUT2D eigenvalue weighted by Gasteiger charge is -2.56. The predicted molar refractivity (Wildman–Crippen MR) is 149 cm³/mol. The van der Waals surface area contributed by atoms with Gasteiger partial charge >= 0.3 is 5.97 Å². The number of benzene rings is 2. The summed E-state index contributed by atoms with van der Waals surface area (Å²) in [5.41, 5.74) is 4.73. The van der Waals surface area contributed by atoms with Crippen LogP contribution in [0, 0.1) is 18.8 Å². The smallest absolute Gasteiger partial charge is 0.341 e. The quantitative estimate of drug-likeness (QED) is 0.368. The van der Waals surface area contributed by atoms with Crippen molar-refractivity contribution in [1.82, 2.24) is 9.88 Å². The highest BCUT2D eigenvalue weighted by molar-refractivity contribution is 6.07. The third-order valence-electron chi connectivity index (χ3n) is 9.97. The first-order valence-corrected chi connectivity index (χ1v) is 15.0. The first kappa shape index (κ1) is 24.3. The Morgan fingerprint density at radius 1 is 1.00 bits per heavy atom. The third kappa shape index (κ3) is 3.97. The summed E-state index contributed by atoms with van der Waals surface area (Å²) in [6.45, 7) is 4.28. The van der Waals surface area contributed by atoms with Gasteiger partial charge in [-0.1, -0.05) is 49.6 Å². The predicted octanol–water partition coefficient (Wildman–Crippen LogP) is 7.48. The van der Waals surface area contributed by atoms with E-state index >= 15 is 0 Å². The van der Waals surface area contributed by atoms with Crippen LogP contribution in [0.3, 0.4) is 0 Å². The van der Waals surface area contributed by atoms with Gasteiger partial charge in [0.1, 0.15) is 11.9 Å². The van der Waals surface area contributed by atoms with E-state index in [1.54, 1.807) is 0 Å². The van der Waals surface area contributed by atoms with E-state index in [1.807, 2.05) is 13.0 Å². The topological polar surface area (TPSA) is 54.6 Å². The summed E-state index contributed by atoms with van der Waals surface area (Å²) >= 11 is 0. The Bertz CT molecular complexity index is 1320. The number of fused-ring (bicyclic) bond motifs is 3. The fourth-order valence-corrected chi connectivity index (χ4v) is 8.16. The molecule has 2 aromatic carbocycles. The minimum absolute atomic E-state index is 0.164. The molecule has 5 heteroatoms. The van der Waals surface area contributed by atoms with Crippen LogP contribution in [0.1, 0.15) is 97.5 Å². The van der Waals surface area contributed by atoms with Crippen LogP contribution in [0.25, 0.3) is 10.9 Å². The molecule has 1 aromatic heterocycles. The van der Waals surface area contributed by atoms with Crippen molar-refractivity contribution < 1.29 is 14.3 Å². The van der Waals surface area contributed by atoms with Gasteiger partial charge in [0, 0.05) is 53.5 Å². The van der Waals surface area contributed by atoms with Gasteiger partial charge < -0.3 is 14.5 Å². The van der Waals surface area contributed by atoms with Gasteiger partial charge in [-0.25, -0.2) is 4.79 Å². The molecule has 0 radical (unpaired) electrons. The average molecular weight is 513 g/mol. The van der Waals surface area contributed by atoms with Crippen LogP contribution >= 0.6 is 0 Å². The van der Waals surface area contributed by atoms with Crippen LogP contribution in [0.15, 0.2) is 42.5 Å². The molecule has 0 bridgehead atoms. The second-order valence-electron chi connectivity index (χ2n) is 12.2. The van der Waals surface area contributed by atoms with E-state index in [1.165, 1.54) is 50.5 Å². The Hall–Kier alpha value is -2.79. The van der Waals surface area contributed by atoms with Crippen LogP contribution in [0.2, 0.25) is 0 Å². The van der Waals surface area contributed by atoms with Gasteiger partial charge in [0.15, 0.2) is 5.72 Å². The molecule has 2 saturated heterocycles. The molecular formula is C33H40N2O3. The van der Waals surface area contributed by atoms with Gasteiger partial charge in [0.2, 0.25) is 0 Å². The number of aromatic amines is 1. The van der Waals surface area contributed by atoms with Crippen LogP contribution < -0.4 is 4.74 Å². The molecule has 1 aliphatic carbocycles. The largest absolute Gasteiger partial charge is 0.472 e. The number of rotatable bonds is 4. The number of piperidine rings is 2. The zero-order valence-electron chi connectivity index (χ0n) is 22.6. The molecule has 3 aromatic rings. The summed E-state index contributed by atoms with van der Waals surface area (Å²) in [4.78, 5) is 20.2. The van der Waals surface area contributed by atoms with E-state index < -0.39 is 0 Å². The highest BCUT2D eigenvalue weighted by atomic mass is 16.5. The number of hydrogen-bond donors (Lipinski definition) is 1. The SMILES string of the molecule is Cc1[nH]c2ccc3c(c2c1C(=O)OC(c1ccccc1)C1CCCCC1)CC1CCCN2CCCCC12O3. The molecule has 3 fully saturated rings. The van der Waals surface area contributed by atoms with E-state index in [2.05, 4.69) is 46.3 Å². The highest BCUT2D eigenvalue weighted by Gasteiger charge is 2.52. The highest BCUT2D eigenvalue weighted by Crippen LogP contribution is 2.50. The number of aromatic nitrogens is 1. The van der Waals surface area contributed by atoms with Gasteiger partial charge in [-0.3, -0.25) is 4.90 Å². The molecule has 3 unspecified atom stereocenters. The van der Waals surface area contributed by atoms with Crippen molar-refractivity contribution >= 4 is 16.9 Å². The standard InChI is InChI=1S/C33H40N2O3/c1-22-29(32(36)37-31(23-11-4-2-5-12-23)24-13-6-3-7-14-24)30-26-21-25-15-10-20-35-19-9-8-18-33(25,35)38-28(26)17-16-27(30)34-22/h2,4-5,11-12,16-17,24-25,31,34H,3,6-10,13-15,18-21H2,1H3. The fraction of sp³-hybridized carbons (Fsp3) is 0.545. The maximum absolute atomic E-state index is 14.1. The molecule has 3 atom stereocenters. The third-order valence-corrected chi connectivity index (χ3v) is 9.97.